The highest BCUT2D eigenvalue weighted by Gasteiger charge is 2.18. The summed E-state index contributed by atoms with van der Waals surface area (Å²) in [4.78, 5) is 16.7. The van der Waals surface area contributed by atoms with E-state index in [1.165, 1.54) is 25.0 Å². The van der Waals surface area contributed by atoms with Gasteiger partial charge in [-0.3, -0.25) is 4.79 Å². The molecule has 5 nitrogen and oxygen atoms in total. The van der Waals surface area contributed by atoms with E-state index in [-0.39, 0.29) is 5.91 Å². The monoisotopic (exact) mass is 324 g/mol. The maximum Gasteiger partial charge on any atom is 0.225 e. The summed E-state index contributed by atoms with van der Waals surface area (Å²) in [6.07, 6.45) is 8.41. The number of hydrogen-bond donors (Lipinski definition) is 2. The highest BCUT2D eigenvalue weighted by atomic mass is 16.1. The lowest BCUT2D eigenvalue weighted by molar-refractivity contribution is -0.116. The van der Waals surface area contributed by atoms with Gasteiger partial charge in [0.25, 0.3) is 0 Å². The van der Waals surface area contributed by atoms with Crippen LogP contribution < -0.4 is 10.6 Å². The van der Waals surface area contributed by atoms with Gasteiger partial charge in [-0.25, -0.2) is 4.98 Å². The van der Waals surface area contributed by atoms with Crippen LogP contribution in [0.2, 0.25) is 0 Å². The molecular weight excluding hydrogens is 300 g/mol. The fourth-order valence-electron chi connectivity index (χ4n) is 3.74. The molecule has 1 unspecified atom stereocenters. The minimum atomic E-state index is 0.0836. The number of aromatic nitrogens is 2. The molecule has 0 radical (unpaired) electrons. The lowest BCUT2D eigenvalue weighted by Gasteiger charge is -2.16. The van der Waals surface area contributed by atoms with Crippen molar-refractivity contribution < 1.29 is 4.79 Å². The minimum absolute atomic E-state index is 0.0836. The van der Waals surface area contributed by atoms with Crippen LogP contribution in [0.25, 0.3) is 11.4 Å². The van der Waals surface area contributed by atoms with Crippen LogP contribution in [0.4, 0.5) is 5.69 Å². The van der Waals surface area contributed by atoms with Crippen molar-refractivity contribution in [2.45, 2.75) is 51.1 Å². The van der Waals surface area contributed by atoms with Gasteiger partial charge in [-0.15, -0.1) is 0 Å². The highest BCUT2D eigenvalue weighted by Crippen LogP contribution is 2.25. The molecule has 0 bridgehead atoms. The van der Waals surface area contributed by atoms with Crippen LogP contribution in [0.3, 0.4) is 0 Å². The van der Waals surface area contributed by atoms with Crippen LogP contribution >= 0.6 is 0 Å². The number of hydrogen-bond acceptors (Lipinski definition) is 3. The van der Waals surface area contributed by atoms with E-state index in [0.29, 0.717) is 12.5 Å². The molecule has 3 heterocycles. The van der Waals surface area contributed by atoms with Crippen molar-refractivity contribution in [2.24, 2.45) is 0 Å². The fourth-order valence-corrected chi connectivity index (χ4v) is 3.74. The standard InChI is InChI=1S/C19H24N4O/c24-18(12-16-4-3-10-20-16)22-15-8-6-14(7-9-15)19-21-13-17-5-1-2-11-23(17)19/h6-9,13,16,20H,1-5,10-12H2,(H,22,24). The number of carbonyl (C=O) groups excluding carboxylic acids is 1. The number of anilines is 1. The largest absolute Gasteiger partial charge is 0.328 e. The zero-order chi connectivity index (χ0) is 16.4. The Kier molecular flexibility index (Phi) is 4.34. The number of rotatable bonds is 4. The number of fused-ring (bicyclic) bond motifs is 1. The van der Waals surface area contributed by atoms with E-state index in [1.54, 1.807) is 0 Å². The number of benzene rings is 1. The number of nitrogens with zero attached hydrogens (tertiary/aromatic N) is 2. The van der Waals surface area contributed by atoms with Gasteiger partial charge >= 0.3 is 0 Å². The second-order valence-corrected chi connectivity index (χ2v) is 6.80. The Bertz CT molecular complexity index is 713. The number of imidazole rings is 1. The second-order valence-electron chi connectivity index (χ2n) is 6.80. The summed E-state index contributed by atoms with van der Waals surface area (Å²) in [6.45, 7) is 2.08. The maximum absolute atomic E-state index is 12.1. The molecule has 1 atom stereocenters. The van der Waals surface area contributed by atoms with Crippen molar-refractivity contribution in [1.82, 2.24) is 14.9 Å². The number of aryl methyl sites for hydroxylation is 1. The first kappa shape index (κ1) is 15.4. The molecule has 2 aliphatic rings. The third-order valence-corrected chi connectivity index (χ3v) is 5.02. The molecule has 126 valence electrons. The van der Waals surface area contributed by atoms with E-state index >= 15 is 0 Å². The van der Waals surface area contributed by atoms with Crippen molar-refractivity contribution in [3.8, 4) is 11.4 Å². The third-order valence-electron chi connectivity index (χ3n) is 5.02. The Labute approximate surface area is 142 Å². The fraction of sp³-hybridized carbons (Fsp3) is 0.474. The molecule has 4 rings (SSSR count). The quantitative estimate of drug-likeness (QED) is 0.909. The van der Waals surface area contributed by atoms with Crippen LogP contribution in [0.1, 0.15) is 37.8 Å². The summed E-state index contributed by atoms with van der Waals surface area (Å²) in [5.41, 5.74) is 3.29. The molecule has 1 aromatic heterocycles. The van der Waals surface area contributed by atoms with E-state index in [9.17, 15) is 4.79 Å². The minimum Gasteiger partial charge on any atom is -0.328 e. The zero-order valence-corrected chi connectivity index (χ0v) is 13.9. The summed E-state index contributed by atoms with van der Waals surface area (Å²) >= 11 is 0. The molecule has 2 aliphatic heterocycles. The summed E-state index contributed by atoms with van der Waals surface area (Å²) in [6, 6.07) is 8.38. The Hall–Kier alpha value is -2.14. The van der Waals surface area contributed by atoms with Crippen LogP contribution in [-0.2, 0) is 17.8 Å². The SMILES string of the molecule is O=C(CC1CCCN1)Nc1ccc(-c2ncc3n2CCCC3)cc1. The molecule has 5 heteroatoms. The predicted octanol–water partition coefficient (Wildman–Crippen LogP) is 2.97. The van der Waals surface area contributed by atoms with Gasteiger partial charge in [0.15, 0.2) is 0 Å². The average Bonchev–Trinajstić information content (AvgIpc) is 3.25. The van der Waals surface area contributed by atoms with E-state index in [2.05, 4.69) is 20.2 Å². The molecule has 24 heavy (non-hydrogen) atoms. The third kappa shape index (κ3) is 3.22. The van der Waals surface area contributed by atoms with Gasteiger partial charge < -0.3 is 15.2 Å². The summed E-state index contributed by atoms with van der Waals surface area (Å²) in [7, 11) is 0. The van der Waals surface area contributed by atoms with Crippen molar-refractivity contribution in [1.29, 1.82) is 0 Å². The Morgan fingerprint density at radius 1 is 1.25 bits per heavy atom. The molecule has 0 saturated carbocycles. The highest BCUT2D eigenvalue weighted by molar-refractivity contribution is 5.91. The van der Waals surface area contributed by atoms with Crippen molar-refractivity contribution >= 4 is 11.6 Å². The molecule has 1 fully saturated rings. The molecule has 1 amide bonds. The summed E-state index contributed by atoms with van der Waals surface area (Å²) in [5.74, 6) is 1.12. The van der Waals surface area contributed by atoms with Gasteiger partial charge in [0, 0.05) is 42.1 Å². The van der Waals surface area contributed by atoms with Crippen LogP contribution in [0.15, 0.2) is 30.5 Å². The lowest BCUT2D eigenvalue weighted by atomic mass is 10.1. The second kappa shape index (κ2) is 6.77. The Morgan fingerprint density at radius 2 is 2.12 bits per heavy atom. The maximum atomic E-state index is 12.1. The first-order valence-electron chi connectivity index (χ1n) is 8.98. The van der Waals surface area contributed by atoms with Gasteiger partial charge in [0.05, 0.1) is 0 Å². The topological polar surface area (TPSA) is 59.0 Å². The van der Waals surface area contributed by atoms with Gasteiger partial charge in [-0.1, -0.05) is 0 Å². The first-order valence-corrected chi connectivity index (χ1v) is 8.98. The molecule has 2 N–H and O–H groups in total. The smallest absolute Gasteiger partial charge is 0.225 e. The molecule has 1 aromatic carbocycles. The van der Waals surface area contributed by atoms with Crippen molar-refractivity contribution in [3.63, 3.8) is 0 Å². The number of carbonyl (C=O) groups is 1. The number of amides is 1. The van der Waals surface area contributed by atoms with Gasteiger partial charge in [-0.2, -0.15) is 0 Å². The van der Waals surface area contributed by atoms with E-state index < -0.39 is 0 Å². The summed E-state index contributed by atoms with van der Waals surface area (Å²) < 4.78 is 2.32. The van der Waals surface area contributed by atoms with Crippen LogP contribution in [0, 0.1) is 0 Å². The average molecular weight is 324 g/mol. The predicted molar refractivity (Wildman–Crippen MR) is 94.9 cm³/mol. The van der Waals surface area contributed by atoms with Gasteiger partial charge in [0.1, 0.15) is 5.82 Å². The Morgan fingerprint density at radius 3 is 2.92 bits per heavy atom. The first-order chi connectivity index (χ1) is 11.8. The summed E-state index contributed by atoms with van der Waals surface area (Å²) in [5, 5.41) is 6.36. The molecule has 1 saturated heterocycles. The van der Waals surface area contributed by atoms with E-state index in [1.807, 2.05) is 30.5 Å². The molecule has 0 spiro atoms. The molecule has 2 aromatic rings. The number of nitrogens with one attached hydrogen (secondary N) is 2. The normalized spacial score (nSPS) is 19.9. The Balaban J connectivity index is 1.43. The van der Waals surface area contributed by atoms with Crippen LogP contribution in [0.5, 0.6) is 0 Å². The van der Waals surface area contributed by atoms with Crippen molar-refractivity contribution in [3.05, 3.63) is 36.2 Å². The van der Waals surface area contributed by atoms with Crippen molar-refractivity contribution in [2.75, 3.05) is 11.9 Å². The molecule has 0 aliphatic carbocycles. The van der Waals surface area contributed by atoms with Gasteiger partial charge in [-0.05, 0) is 62.9 Å². The van der Waals surface area contributed by atoms with E-state index in [0.717, 1.165) is 43.0 Å². The zero-order valence-electron chi connectivity index (χ0n) is 13.9. The van der Waals surface area contributed by atoms with E-state index in [4.69, 9.17) is 0 Å². The van der Waals surface area contributed by atoms with Gasteiger partial charge in [0.2, 0.25) is 5.91 Å². The lowest BCUT2D eigenvalue weighted by Crippen LogP contribution is -2.27. The van der Waals surface area contributed by atoms with Crippen LogP contribution in [-0.4, -0.2) is 28.0 Å². The molecular formula is C19H24N4O.